The largest absolute Gasteiger partial charge is 0.504 e. The molecule has 1 aliphatic carbocycles. The minimum absolute atomic E-state index is 0.00603. The molecule has 0 bridgehead atoms. The predicted octanol–water partition coefficient (Wildman–Crippen LogP) is 4.48. The fourth-order valence-electron chi connectivity index (χ4n) is 7.89. The van der Waals surface area contributed by atoms with Crippen LogP contribution in [0.1, 0.15) is 50.9 Å². The van der Waals surface area contributed by atoms with E-state index < -0.39 is 42.3 Å². The Morgan fingerprint density at radius 2 is 1.42 bits per heavy atom. The number of ether oxygens (including phenoxy) is 8. The normalized spacial score (nSPS) is 19.5. The van der Waals surface area contributed by atoms with Crippen LogP contribution in [-0.2, 0) is 27.5 Å². The third-order valence-corrected chi connectivity index (χ3v) is 10.4. The third kappa shape index (κ3) is 6.57. The molecule has 3 aliphatic rings. The maximum Gasteiger partial charge on any atom is 0.310 e. The van der Waals surface area contributed by atoms with E-state index in [-0.39, 0.29) is 42.8 Å². The quantitative estimate of drug-likeness (QED) is 0.0904. The number of hydrogen-bond acceptors (Lipinski definition) is 13. The van der Waals surface area contributed by atoms with Crippen molar-refractivity contribution in [3.05, 3.63) is 93.5 Å². The van der Waals surface area contributed by atoms with Gasteiger partial charge in [-0.3, -0.25) is 9.59 Å². The van der Waals surface area contributed by atoms with Gasteiger partial charge in [0.15, 0.2) is 46.0 Å². The Labute approximate surface area is 316 Å². The molecule has 1 fully saturated rings. The average molecular weight is 756 g/mol. The summed E-state index contributed by atoms with van der Waals surface area (Å²) >= 11 is 0. The van der Waals surface area contributed by atoms with Gasteiger partial charge in [0.1, 0.15) is 0 Å². The molecule has 2 heterocycles. The Morgan fingerprint density at radius 3 is 2.04 bits per heavy atom. The van der Waals surface area contributed by atoms with Crippen molar-refractivity contribution in [3.63, 3.8) is 0 Å². The molecule has 2 aliphatic heterocycles. The highest BCUT2D eigenvalue weighted by Gasteiger charge is 2.53. The van der Waals surface area contributed by atoms with Gasteiger partial charge < -0.3 is 58.5 Å². The predicted molar refractivity (Wildman–Crippen MR) is 197 cm³/mol. The van der Waals surface area contributed by atoms with Crippen LogP contribution in [0.5, 0.6) is 46.0 Å². The summed E-state index contributed by atoms with van der Waals surface area (Å²) in [5.41, 5.74) is 3.87. The van der Waals surface area contributed by atoms with E-state index in [2.05, 4.69) is 5.32 Å². The van der Waals surface area contributed by atoms with E-state index in [4.69, 9.17) is 37.9 Å². The molecular weight excluding hydrogens is 714 g/mol. The number of nitrogens with one attached hydrogen (secondary N) is 1. The molecule has 0 unspecified atom stereocenters. The molecule has 7 rings (SSSR count). The molecule has 0 aromatic heterocycles. The number of phenolic OH excluding ortho intramolecular Hbond substituents is 1. The van der Waals surface area contributed by atoms with E-state index in [1.54, 1.807) is 42.5 Å². The van der Waals surface area contributed by atoms with Gasteiger partial charge in [-0.1, -0.05) is 6.07 Å². The zero-order chi connectivity index (χ0) is 39.0. The number of fused-ring (bicyclic) bond motifs is 3. The first-order chi connectivity index (χ1) is 26.7. The number of cyclic esters (lactones) is 1. The molecule has 4 atom stereocenters. The molecule has 55 heavy (non-hydrogen) atoms. The lowest BCUT2D eigenvalue weighted by Gasteiger charge is -2.39. The van der Waals surface area contributed by atoms with Gasteiger partial charge in [-0.15, -0.1) is 0 Å². The van der Waals surface area contributed by atoms with E-state index >= 15 is 0 Å². The number of benzene rings is 4. The van der Waals surface area contributed by atoms with Gasteiger partial charge in [0.25, 0.3) is 5.91 Å². The third-order valence-electron chi connectivity index (χ3n) is 10.4. The number of carbonyl (C=O) groups is 2. The Balaban J connectivity index is 1.39. The second-order valence-corrected chi connectivity index (χ2v) is 13.2. The van der Waals surface area contributed by atoms with Crippen molar-refractivity contribution >= 4 is 23.5 Å². The number of rotatable bonds is 12. The van der Waals surface area contributed by atoms with Crippen LogP contribution in [-0.4, -0.2) is 76.1 Å². The van der Waals surface area contributed by atoms with Gasteiger partial charge in [0, 0.05) is 28.5 Å². The summed E-state index contributed by atoms with van der Waals surface area (Å²) in [7, 11) is 7.32. The summed E-state index contributed by atoms with van der Waals surface area (Å²) in [6.45, 7) is -0.753. The van der Waals surface area contributed by atoms with Crippen LogP contribution in [0.15, 0.2) is 54.6 Å². The van der Waals surface area contributed by atoms with Crippen LogP contribution in [0, 0.1) is 11.8 Å². The van der Waals surface area contributed by atoms with E-state index in [0.29, 0.717) is 67.7 Å². The zero-order valence-corrected chi connectivity index (χ0v) is 30.8. The van der Waals surface area contributed by atoms with E-state index in [1.807, 2.05) is 12.1 Å². The summed E-state index contributed by atoms with van der Waals surface area (Å²) in [6, 6.07) is 14.4. The smallest absolute Gasteiger partial charge is 0.310 e. The molecule has 4 N–H and O–H groups in total. The van der Waals surface area contributed by atoms with Crippen molar-refractivity contribution in [3.8, 4) is 46.0 Å². The molecule has 14 nitrogen and oxygen atoms in total. The summed E-state index contributed by atoms with van der Waals surface area (Å²) in [5.74, 6) is -0.499. The molecule has 1 amide bonds. The average Bonchev–Trinajstić information content (AvgIpc) is 3.83. The number of phenols is 1. The summed E-state index contributed by atoms with van der Waals surface area (Å²) in [6.07, 6.45) is 1.59. The Morgan fingerprint density at radius 1 is 0.782 bits per heavy atom. The SMILES string of the molecule is COc1ccc(/C=C(/C(=O)N[C@@H]2c3cc4c(cc3[C@@H](c3cc(CO)c(OC)c(OC)c3)[C@H]3C(=O)OC[C@@H]32)OCO4)c2cc(CO)c(OC)c(OC)c2)cc1O. The lowest BCUT2D eigenvalue weighted by molar-refractivity contribution is -0.141. The first-order valence-corrected chi connectivity index (χ1v) is 17.4. The van der Waals surface area contributed by atoms with Crippen molar-refractivity contribution < 1.29 is 62.8 Å². The molecule has 0 spiro atoms. The van der Waals surface area contributed by atoms with Crippen LogP contribution >= 0.6 is 0 Å². The van der Waals surface area contributed by atoms with Crippen molar-refractivity contribution in [2.24, 2.45) is 11.8 Å². The van der Waals surface area contributed by atoms with Crippen molar-refractivity contribution in [1.29, 1.82) is 0 Å². The van der Waals surface area contributed by atoms with Crippen LogP contribution in [0.4, 0.5) is 0 Å². The Bertz CT molecular complexity index is 2130. The lowest BCUT2D eigenvalue weighted by atomic mass is 9.65. The highest BCUT2D eigenvalue weighted by molar-refractivity contribution is 6.24. The fraction of sp³-hybridized carbons (Fsp3) is 0.317. The van der Waals surface area contributed by atoms with Gasteiger partial charge >= 0.3 is 5.97 Å². The van der Waals surface area contributed by atoms with Crippen LogP contribution in [0.3, 0.4) is 0 Å². The van der Waals surface area contributed by atoms with Gasteiger partial charge in [-0.2, -0.15) is 0 Å². The van der Waals surface area contributed by atoms with Crippen molar-refractivity contribution in [2.45, 2.75) is 25.2 Å². The topological polar surface area (TPSA) is 181 Å². The minimum Gasteiger partial charge on any atom is -0.504 e. The van der Waals surface area contributed by atoms with Gasteiger partial charge in [-0.05, 0) is 82.4 Å². The standard InChI is InChI=1S/C41H41NO13/c1-48-30-7-6-20(9-29(30)45)8-25(21-10-23(16-43)38(51-4)33(12-21)49-2)40(46)42-37-27-15-32-31(54-19-55-32)14-26(27)35(36-28(37)18-53-41(36)47)22-11-24(17-44)39(52-5)34(13-22)50-3/h6-15,28,35-37,43-45H,16-19H2,1-5H3,(H,42,46)/b25-8+/t28-,35+,36-,37+/m0/s1. The molecular formula is C41H41NO13. The lowest BCUT2D eigenvalue weighted by Crippen LogP contribution is -2.43. The zero-order valence-electron chi connectivity index (χ0n) is 30.8. The number of aliphatic hydroxyl groups excluding tert-OH is 2. The first kappa shape index (κ1) is 37.2. The molecule has 4 aromatic rings. The maximum absolute atomic E-state index is 14.8. The van der Waals surface area contributed by atoms with Crippen molar-refractivity contribution in [1.82, 2.24) is 5.32 Å². The molecule has 0 radical (unpaired) electrons. The summed E-state index contributed by atoms with van der Waals surface area (Å²) in [4.78, 5) is 28.6. The van der Waals surface area contributed by atoms with Crippen LogP contribution in [0.2, 0.25) is 0 Å². The Kier molecular flexibility index (Phi) is 10.4. The number of aromatic hydroxyl groups is 1. The van der Waals surface area contributed by atoms with Gasteiger partial charge in [0.2, 0.25) is 6.79 Å². The van der Waals surface area contributed by atoms with Crippen LogP contribution in [0.25, 0.3) is 11.6 Å². The van der Waals surface area contributed by atoms with E-state index in [9.17, 15) is 24.9 Å². The molecule has 14 heteroatoms. The fourth-order valence-corrected chi connectivity index (χ4v) is 7.89. The molecule has 0 saturated carbocycles. The minimum atomic E-state index is -0.771. The van der Waals surface area contributed by atoms with E-state index in [1.165, 1.54) is 41.6 Å². The monoisotopic (exact) mass is 755 g/mol. The second kappa shape index (κ2) is 15.3. The first-order valence-electron chi connectivity index (χ1n) is 17.4. The Hall–Kier alpha value is -6.12. The number of carbonyl (C=O) groups excluding carboxylic acids is 2. The molecule has 1 saturated heterocycles. The molecule has 4 aromatic carbocycles. The maximum atomic E-state index is 14.8. The number of aliphatic hydroxyl groups is 2. The second-order valence-electron chi connectivity index (χ2n) is 13.2. The summed E-state index contributed by atoms with van der Waals surface area (Å²) in [5, 5.41) is 34.4. The number of esters is 1. The number of methoxy groups -OCH3 is 5. The molecule has 288 valence electrons. The van der Waals surface area contributed by atoms with Crippen LogP contribution < -0.4 is 38.5 Å². The van der Waals surface area contributed by atoms with Gasteiger partial charge in [0.05, 0.1) is 67.3 Å². The number of hydrogen-bond donors (Lipinski definition) is 4. The number of amides is 1. The highest BCUT2D eigenvalue weighted by atomic mass is 16.7. The highest BCUT2D eigenvalue weighted by Crippen LogP contribution is 2.55. The van der Waals surface area contributed by atoms with Crippen molar-refractivity contribution in [2.75, 3.05) is 48.9 Å². The van der Waals surface area contributed by atoms with Gasteiger partial charge in [-0.25, -0.2) is 0 Å². The van der Waals surface area contributed by atoms with E-state index in [0.717, 1.165) is 0 Å². The summed E-state index contributed by atoms with van der Waals surface area (Å²) < 4.78 is 44.9.